The molecule has 1 aliphatic carbocycles. The van der Waals surface area contributed by atoms with E-state index in [1.165, 1.54) is 57.9 Å². The normalized spacial score (nSPS) is 25.3. The number of unbranched alkanes of at least 4 members (excludes halogenated alkanes) is 4. The largest absolute Gasteiger partial charge is 0.320 e. The van der Waals surface area contributed by atoms with Crippen LogP contribution in [0.15, 0.2) is 0 Å². The molecule has 0 aromatic heterocycles. The molecule has 1 saturated carbocycles. The molecule has 1 N–H and O–H groups in total. The SMILES string of the molecule is CCCCCCCC1CC1CCNC. The first-order valence-electron chi connectivity index (χ1n) is 6.53. The average Bonchev–Trinajstić information content (AvgIpc) is 2.93. The maximum atomic E-state index is 3.24. The quantitative estimate of drug-likeness (QED) is 0.557. The summed E-state index contributed by atoms with van der Waals surface area (Å²) in [4.78, 5) is 0. The first-order valence-corrected chi connectivity index (χ1v) is 6.53. The number of hydrogen-bond donors (Lipinski definition) is 1. The Labute approximate surface area is 89.7 Å². The second-order valence-corrected chi connectivity index (χ2v) is 4.85. The zero-order chi connectivity index (χ0) is 10.2. The van der Waals surface area contributed by atoms with Crippen LogP contribution in [0.2, 0.25) is 0 Å². The molecular formula is C13H27N. The lowest BCUT2D eigenvalue weighted by molar-refractivity contribution is 0.539. The van der Waals surface area contributed by atoms with Gasteiger partial charge < -0.3 is 5.32 Å². The summed E-state index contributed by atoms with van der Waals surface area (Å²) in [5.41, 5.74) is 0. The molecule has 2 unspecified atom stereocenters. The highest BCUT2D eigenvalue weighted by Gasteiger charge is 2.34. The van der Waals surface area contributed by atoms with Crippen molar-refractivity contribution in [3.8, 4) is 0 Å². The lowest BCUT2D eigenvalue weighted by atomic mass is 10.1. The summed E-state index contributed by atoms with van der Waals surface area (Å²) in [5, 5.41) is 3.24. The molecule has 1 fully saturated rings. The van der Waals surface area contributed by atoms with E-state index in [9.17, 15) is 0 Å². The van der Waals surface area contributed by atoms with E-state index in [1.807, 2.05) is 0 Å². The zero-order valence-electron chi connectivity index (χ0n) is 10.0. The maximum Gasteiger partial charge on any atom is -0.00492 e. The smallest absolute Gasteiger partial charge is 0.00492 e. The summed E-state index contributed by atoms with van der Waals surface area (Å²) >= 11 is 0. The molecular weight excluding hydrogens is 170 g/mol. The van der Waals surface area contributed by atoms with E-state index in [0.717, 1.165) is 11.8 Å². The molecule has 0 heterocycles. The minimum absolute atomic E-state index is 1.08. The molecule has 0 bridgehead atoms. The van der Waals surface area contributed by atoms with Gasteiger partial charge in [-0.15, -0.1) is 0 Å². The van der Waals surface area contributed by atoms with E-state index in [0.29, 0.717) is 0 Å². The Balaban J connectivity index is 1.80. The van der Waals surface area contributed by atoms with Crippen molar-refractivity contribution in [2.45, 2.75) is 58.3 Å². The standard InChI is InChI=1S/C13H27N/c1-3-4-5-6-7-8-12-11-13(12)9-10-14-2/h12-14H,3-11H2,1-2H3. The van der Waals surface area contributed by atoms with Crippen LogP contribution in [-0.4, -0.2) is 13.6 Å². The number of hydrogen-bond acceptors (Lipinski definition) is 1. The summed E-state index contributed by atoms with van der Waals surface area (Å²) < 4.78 is 0. The fourth-order valence-electron chi connectivity index (χ4n) is 2.36. The van der Waals surface area contributed by atoms with Crippen LogP contribution in [0, 0.1) is 11.8 Å². The van der Waals surface area contributed by atoms with Crippen molar-refractivity contribution < 1.29 is 0 Å². The summed E-state index contributed by atoms with van der Waals surface area (Å²) in [5.74, 6) is 2.18. The Morgan fingerprint density at radius 2 is 1.71 bits per heavy atom. The summed E-state index contributed by atoms with van der Waals surface area (Å²) in [7, 11) is 2.06. The Morgan fingerprint density at radius 3 is 2.43 bits per heavy atom. The third-order valence-corrected chi connectivity index (χ3v) is 3.51. The minimum Gasteiger partial charge on any atom is -0.320 e. The minimum atomic E-state index is 1.08. The second-order valence-electron chi connectivity index (χ2n) is 4.85. The van der Waals surface area contributed by atoms with Gasteiger partial charge in [-0.25, -0.2) is 0 Å². The third-order valence-electron chi connectivity index (χ3n) is 3.51. The molecule has 2 atom stereocenters. The van der Waals surface area contributed by atoms with Crippen molar-refractivity contribution in [1.82, 2.24) is 5.32 Å². The molecule has 0 spiro atoms. The molecule has 0 aromatic carbocycles. The second kappa shape index (κ2) is 7.28. The predicted molar refractivity (Wildman–Crippen MR) is 63.5 cm³/mol. The summed E-state index contributed by atoms with van der Waals surface area (Å²) in [6, 6.07) is 0. The Bertz CT molecular complexity index is 133. The van der Waals surface area contributed by atoms with Gasteiger partial charge in [0, 0.05) is 0 Å². The van der Waals surface area contributed by atoms with Gasteiger partial charge in [-0.3, -0.25) is 0 Å². The molecule has 1 rings (SSSR count). The van der Waals surface area contributed by atoms with Gasteiger partial charge >= 0.3 is 0 Å². The summed E-state index contributed by atoms with van der Waals surface area (Å²) in [6.45, 7) is 3.51. The van der Waals surface area contributed by atoms with Crippen molar-refractivity contribution in [3.63, 3.8) is 0 Å². The van der Waals surface area contributed by atoms with Crippen molar-refractivity contribution in [2.75, 3.05) is 13.6 Å². The van der Waals surface area contributed by atoms with Gasteiger partial charge in [0.2, 0.25) is 0 Å². The van der Waals surface area contributed by atoms with E-state index in [2.05, 4.69) is 19.3 Å². The van der Waals surface area contributed by atoms with E-state index >= 15 is 0 Å². The predicted octanol–water partition coefficient (Wildman–Crippen LogP) is 3.59. The molecule has 14 heavy (non-hydrogen) atoms. The fourth-order valence-corrected chi connectivity index (χ4v) is 2.36. The maximum absolute atomic E-state index is 3.24. The van der Waals surface area contributed by atoms with Gasteiger partial charge in [0.15, 0.2) is 0 Å². The van der Waals surface area contributed by atoms with Crippen molar-refractivity contribution in [1.29, 1.82) is 0 Å². The third kappa shape index (κ3) is 4.99. The van der Waals surface area contributed by atoms with Gasteiger partial charge in [-0.2, -0.15) is 0 Å². The van der Waals surface area contributed by atoms with Crippen LogP contribution in [0.1, 0.15) is 58.3 Å². The fraction of sp³-hybridized carbons (Fsp3) is 1.00. The molecule has 0 aliphatic heterocycles. The topological polar surface area (TPSA) is 12.0 Å². The van der Waals surface area contributed by atoms with Crippen LogP contribution in [0.3, 0.4) is 0 Å². The van der Waals surface area contributed by atoms with E-state index in [4.69, 9.17) is 0 Å². The van der Waals surface area contributed by atoms with Crippen LogP contribution >= 0.6 is 0 Å². The Morgan fingerprint density at radius 1 is 1.00 bits per heavy atom. The first-order chi connectivity index (χ1) is 6.88. The first kappa shape index (κ1) is 12.0. The Kier molecular flexibility index (Phi) is 6.25. The average molecular weight is 197 g/mol. The lowest BCUT2D eigenvalue weighted by Gasteiger charge is -2.00. The van der Waals surface area contributed by atoms with Crippen LogP contribution < -0.4 is 5.32 Å². The van der Waals surface area contributed by atoms with E-state index < -0.39 is 0 Å². The van der Waals surface area contributed by atoms with Crippen LogP contribution in [0.5, 0.6) is 0 Å². The lowest BCUT2D eigenvalue weighted by Crippen LogP contribution is -2.08. The van der Waals surface area contributed by atoms with E-state index in [-0.39, 0.29) is 0 Å². The van der Waals surface area contributed by atoms with Gasteiger partial charge in [-0.05, 0) is 38.3 Å². The molecule has 1 nitrogen and oxygen atoms in total. The van der Waals surface area contributed by atoms with Gasteiger partial charge in [0.05, 0.1) is 0 Å². The van der Waals surface area contributed by atoms with Gasteiger partial charge in [-0.1, -0.05) is 45.4 Å². The molecule has 0 radical (unpaired) electrons. The van der Waals surface area contributed by atoms with Crippen molar-refractivity contribution in [3.05, 3.63) is 0 Å². The molecule has 84 valence electrons. The molecule has 0 amide bonds. The Hall–Kier alpha value is -0.0400. The van der Waals surface area contributed by atoms with Gasteiger partial charge in [0.1, 0.15) is 0 Å². The van der Waals surface area contributed by atoms with Crippen molar-refractivity contribution >= 4 is 0 Å². The highest BCUT2D eigenvalue weighted by Crippen LogP contribution is 2.44. The summed E-state index contributed by atoms with van der Waals surface area (Å²) in [6.07, 6.45) is 11.7. The zero-order valence-corrected chi connectivity index (χ0v) is 10.0. The van der Waals surface area contributed by atoms with E-state index in [1.54, 1.807) is 0 Å². The van der Waals surface area contributed by atoms with Crippen LogP contribution in [-0.2, 0) is 0 Å². The van der Waals surface area contributed by atoms with Crippen LogP contribution in [0.25, 0.3) is 0 Å². The molecule has 1 heteroatoms. The number of nitrogens with one attached hydrogen (secondary N) is 1. The highest BCUT2D eigenvalue weighted by atomic mass is 14.8. The highest BCUT2D eigenvalue weighted by molar-refractivity contribution is 4.86. The monoisotopic (exact) mass is 197 g/mol. The molecule has 1 aliphatic rings. The van der Waals surface area contributed by atoms with Crippen LogP contribution in [0.4, 0.5) is 0 Å². The number of rotatable bonds is 9. The van der Waals surface area contributed by atoms with Gasteiger partial charge in [0.25, 0.3) is 0 Å². The van der Waals surface area contributed by atoms with Crippen molar-refractivity contribution in [2.24, 2.45) is 11.8 Å². The molecule has 0 aromatic rings. The molecule has 0 saturated heterocycles.